The van der Waals surface area contributed by atoms with Gasteiger partial charge in [0.05, 0.1) is 11.8 Å². The summed E-state index contributed by atoms with van der Waals surface area (Å²) in [5, 5.41) is 16.6. The van der Waals surface area contributed by atoms with E-state index < -0.39 is 0 Å². The number of nitrogens with zero attached hydrogens (tertiary/aromatic N) is 4. The minimum absolute atomic E-state index is 0.0242. The molecule has 1 N–H and O–H groups in total. The topological polar surface area (TPSA) is 72.7 Å². The predicted molar refractivity (Wildman–Crippen MR) is 70.4 cm³/mol. The van der Waals surface area contributed by atoms with Gasteiger partial charge >= 0.3 is 0 Å². The molecule has 0 unspecified atom stereocenters. The van der Waals surface area contributed by atoms with E-state index in [9.17, 15) is 4.79 Å². The molecule has 0 aromatic carbocycles. The number of carbonyl (C=O) groups is 1. The number of hydrogen-bond acceptors (Lipinski definition) is 6. The van der Waals surface area contributed by atoms with Gasteiger partial charge in [-0.1, -0.05) is 17.8 Å². The first-order chi connectivity index (χ1) is 8.66. The highest BCUT2D eigenvalue weighted by molar-refractivity contribution is 7.99. The van der Waals surface area contributed by atoms with Crippen LogP contribution < -0.4 is 5.32 Å². The number of amides is 1. The van der Waals surface area contributed by atoms with Gasteiger partial charge in [0.1, 0.15) is 0 Å². The number of rotatable bonds is 5. The van der Waals surface area contributed by atoms with Crippen LogP contribution >= 0.6 is 23.1 Å². The lowest BCUT2D eigenvalue weighted by Crippen LogP contribution is -2.27. The number of thioether (sulfide) groups is 1. The van der Waals surface area contributed by atoms with Crippen LogP contribution in [0.25, 0.3) is 0 Å². The van der Waals surface area contributed by atoms with Crippen molar-refractivity contribution in [3.8, 4) is 0 Å². The first-order valence-electron chi connectivity index (χ1n) is 5.34. The van der Waals surface area contributed by atoms with Crippen molar-refractivity contribution in [2.75, 3.05) is 5.75 Å². The molecule has 96 valence electrons. The summed E-state index contributed by atoms with van der Waals surface area (Å²) in [6.45, 7) is 1.97. The molecule has 18 heavy (non-hydrogen) atoms. The van der Waals surface area contributed by atoms with Gasteiger partial charge in [-0.2, -0.15) is 0 Å². The zero-order chi connectivity index (χ0) is 13.0. The summed E-state index contributed by atoms with van der Waals surface area (Å²) in [6, 6.07) is 4.02. The molecular formula is C10H13N5OS2. The molecular weight excluding hydrogens is 270 g/mol. The van der Waals surface area contributed by atoms with E-state index in [-0.39, 0.29) is 11.9 Å². The summed E-state index contributed by atoms with van der Waals surface area (Å²) < 4.78 is 1.54. The molecule has 0 radical (unpaired) electrons. The highest BCUT2D eigenvalue weighted by atomic mass is 32.2. The Balaban J connectivity index is 1.81. The van der Waals surface area contributed by atoms with Crippen molar-refractivity contribution >= 4 is 29.0 Å². The van der Waals surface area contributed by atoms with Gasteiger partial charge in [-0.3, -0.25) is 4.79 Å². The Kier molecular flexibility index (Phi) is 4.32. The van der Waals surface area contributed by atoms with Crippen molar-refractivity contribution in [2.45, 2.75) is 18.1 Å². The first kappa shape index (κ1) is 13.0. The monoisotopic (exact) mass is 283 g/mol. The molecule has 1 atom stereocenters. The van der Waals surface area contributed by atoms with Crippen LogP contribution in [0, 0.1) is 0 Å². The molecule has 2 heterocycles. The van der Waals surface area contributed by atoms with E-state index in [0.717, 1.165) is 4.88 Å². The Bertz CT molecular complexity index is 510. The van der Waals surface area contributed by atoms with Crippen molar-refractivity contribution in [2.24, 2.45) is 7.05 Å². The van der Waals surface area contributed by atoms with E-state index in [1.807, 2.05) is 24.4 Å². The highest BCUT2D eigenvalue weighted by Gasteiger charge is 2.12. The lowest BCUT2D eigenvalue weighted by atomic mass is 10.3. The minimum Gasteiger partial charge on any atom is -0.348 e. The summed E-state index contributed by atoms with van der Waals surface area (Å²) in [7, 11) is 1.74. The van der Waals surface area contributed by atoms with E-state index in [1.165, 1.54) is 11.8 Å². The van der Waals surface area contributed by atoms with Gasteiger partial charge in [0.2, 0.25) is 11.1 Å². The summed E-state index contributed by atoms with van der Waals surface area (Å²) in [4.78, 5) is 12.9. The van der Waals surface area contributed by atoms with Crippen molar-refractivity contribution in [3.05, 3.63) is 22.4 Å². The zero-order valence-corrected chi connectivity index (χ0v) is 11.7. The maximum Gasteiger partial charge on any atom is 0.230 e. The van der Waals surface area contributed by atoms with Crippen LogP contribution in [0.15, 0.2) is 22.7 Å². The number of tetrazole rings is 1. The fourth-order valence-corrected chi connectivity index (χ4v) is 2.76. The second-order valence-electron chi connectivity index (χ2n) is 3.68. The SMILES string of the molecule is C[C@@H](NC(=O)CSc1nnnn1C)c1cccs1. The lowest BCUT2D eigenvalue weighted by Gasteiger charge is -2.11. The average Bonchev–Trinajstić information content (AvgIpc) is 2.97. The fraction of sp³-hybridized carbons (Fsp3) is 0.400. The average molecular weight is 283 g/mol. The molecule has 1 amide bonds. The third-order valence-electron chi connectivity index (χ3n) is 2.26. The predicted octanol–water partition coefficient (Wildman–Crippen LogP) is 1.24. The van der Waals surface area contributed by atoms with Crippen molar-refractivity contribution in [1.29, 1.82) is 0 Å². The fourth-order valence-electron chi connectivity index (χ4n) is 1.37. The van der Waals surface area contributed by atoms with Crippen molar-refractivity contribution in [1.82, 2.24) is 25.5 Å². The smallest absolute Gasteiger partial charge is 0.230 e. The van der Waals surface area contributed by atoms with E-state index in [2.05, 4.69) is 20.8 Å². The van der Waals surface area contributed by atoms with E-state index in [1.54, 1.807) is 23.1 Å². The molecule has 0 saturated carbocycles. The Labute approximate surface area is 113 Å². The van der Waals surface area contributed by atoms with E-state index in [0.29, 0.717) is 10.9 Å². The van der Waals surface area contributed by atoms with Gasteiger partial charge in [0, 0.05) is 11.9 Å². The van der Waals surface area contributed by atoms with Gasteiger partial charge in [-0.25, -0.2) is 4.68 Å². The summed E-state index contributed by atoms with van der Waals surface area (Å²) >= 11 is 2.95. The van der Waals surface area contributed by atoms with E-state index in [4.69, 9.17) is 0 Å². The minimum atomic E-state index is -0.0242. The van der Waals surface area contributed by atoms with Gasteiger partial charge in [-0.15, -0.1) is 16.4 Å². The van der Waals surface area contributed by atoms with Crippen LogP contribution in [0.5, 0.6) is 0 Å². The Hall–Kier alpha value is -1.41. The largest absolute Gasteiger partial charge is 0.348 e. The summed E-state index contributed by atoms with van der Waals surface area (Å²) in [6.07, 6.45) is 0. The number of thiophene rings is 1. The zero-order valence-electron chi connectivity index (χ0n) is 10.0. The molecule has 2 aromatic rings. The standard InChI is InChI=1S/C10H13N5OS2/c1-7(8-4-3-5-17-8)11-9(16)6-18-10-12-13-14-15(10)2/h3-5,7H,6H2,1-2H3,(H,11,16)/t7-/m1/s1. The maximum absolute atomic E-state index is 11.7. The van der Waals surface area contributed by atoms with Crippen LogP contribution in [0.3, 0.4) is 0 Å². The number of carbonyl (C=O) groups excluding carboxylic acids is 1. The third-order valence-corrected chi connectivity index (χ3v) is 4.33. The van der Waals surface area contributed by atoms with Gasteiger partial charge < -0.3 is 5.32 Å². The molecule has 0 aliphatic rings. The Morgan fingerprint density at radius 3 is 3.11 bits per heavy atom. The molecule has 0 bridgehead atoms. The van der Waals surface area contributed by atoms with Crippen LogP contribution in [0.4, 0.5) is 0 Å². The number of aryl methyl sites for hydroxylation is 1. The molecule has 6 nitrogen and oxygen atoms in total. The number of hydrogen-bond donors (Lipinski definition) is 1. The van der Waals surface area contributed by atoms with Gasteiger partial charge in [0.25, 0.3) is 0 Å². The van der Waals surface area contributed by atoms with Crippen molar-refractivity contribution in [3.63, 3.8) is 0 Å². The second-order valence-corrected chi connectivity index (χ2v) is 5.60. The van der Waals surface area contributed by atoms with Crippen LogP contribution in [0.1, 0.15) is 17.8 Å². The number of aromatic nitrogens is 4. The quantitative estimate of drug-likeness (QED) is 0.836. The molecule has 0 fully saturated rings. The van der Waals surface area contributed by atoms with Crippen LogP contribution in [0.2, 0.25) is 0 Å². The first-order valence-corrected chi connectivity index (χ1v) is 7.21. The molecule has 8 heteroatoms. The Morgan fingerprint density at radius 2 is 2.50 bits per heavy atom. The van der Waals surface area contributed by atoms with Gasteiger partial charge in [-0.05, 0) is 28.8 Å². The molecule has 2 aromatic heterocycles. The van der Waals surface area contributed by atoms with Crippen LogP contribution in [-0.2, 0) is 11.8 Å². The molecule has 0 spiro atoms. The maximum atomic E-state index is 11.7. The summed E-state index contributed by atoms with van der Waals surface area (Å²) in [5.74, 6) is 0.285. The summed E-state index contributed by atoms with van der Waals surface area (Å²) in [5.41, 5.74) is 0. The highest BCUT2D eigenvalue weighted by Crippen LogP contribution is 2.18. The van der Waals surface area contributed by atoms with Crippen LogP contribution in [-0.4, -0.2) is 31.9 Å². The van der Waals surface area contributed by atoms with Crippen molar-refractivity contribution < 1.29 is 4.79 Å². The van der Waals surface area contributed by atoms with E-state index >= 15 is 0 Å². The second kappa shape index (κ2) is 5.96. The molecule has 0 aliphatic heterocycles. The molecule has 0 saturated heterocycles. The molecule has 0 aliphatic carbocycles. The Morgan fingerprint density at radius 1 is 1.67 bits per heavy atom. The number of nitrogens with one attached hydrogen (secondary N) is 1. The third kappa shape index (κ3) is 3.30. The molecule has 2 rings (SSSR count). The van der Waals surface area contributed by atoms with Gasteiger partial charge in [0.15, 0.2) is 0 Å². The normalized spacial score (nSPS) is 12.3. The lowest BCUT2D eigenvalue weighted by molar-refractivity contribution is -0.119.